The second-order valence-corrected chi connectivity index (χ2v) is 6.25. The average Bonchev–Trinajstić information content (AvgIpc) is 2.66. The number of allylic oxidation sites excluding steroid dienone is 1. The Labute approximate surface area is 155 Å². The van der Waals surface area contributed by atoms with E-state index in [0.29, 0.717) is 12.2 Å². The van der Waals surface area contributed by atoms with Crippen molar-refractivity contribution in [3.8, 4) is 0 Å². The number of ketones is 1. The lowest BCUT2D eigenvalue weighted by Gasteiger charge is -2.09. The summed E-state index contributed by atoms with van der Waals surface area (Å²) in [5.41, 5.74) is 4.68. The van der Waals surface area contributed by atoms with Crippen molar-refractivity contribution in [2.45, 2.75) is 40.0 Å². The first kappa shape index (κ1) is 19.6. The van der Waals surface area contributed by atoms with Gasteiger partial charge in [0.05, 0.1) is 12.2 Å². The monoisotopic (exact) mass is 350 g/mol. The van der Waals surface area contributed by atoms with Crippen LogP contribution in [0.2, 0.25) is 0 Å². The molecule has 0 aliphatic carbocycles. The van der Waals surface area contributed by atoms with E-state index in [1.54, 1.807) is 26.0 Å². The fourth-order valence-electron chi connectivity index (χ4n) is 2.72. The molecule has 0 N–H and O–H groups in total. The number of esters is 1. The van der Waals surface area contributed by atoms with E-state index in [2.05, 4.69) is 13.0 Å². The van der Waals surface area contributed by atoms with Gasteiger partial charge in [0.15, 0.2) is 5.78 Å². The van der Waals surface area contributed by atoms with E-state index >= 15 is 0 Å². The number of carbonyl (C=O) groups is 2. The SMILES string of the molecule is CCCC/C(=C\c1ccc(C(=O)OCC)cc1)c1ccc(C(C)=O)cc1. The molecule has 0 aliphatic heterocycles. The van der Waals surface area contributed by atoms with E-state index < -0.39 is 0 Å². The predicted octanol–water partition coefficient (Wildman–Crippen LogP) is 5.80. The quantitative estimate of drug-likeness (QED) is 0.343. The van der Waals surface area contributed by atoms with Crippen molar-refractivity contribution >= 4 is 23.4 Å². The van der Waals surface area contributed by atoms with Crippen molar-refractivity contribution in [2.75, 3.05) is 6.61 Å². The van der Waals surface area contributed by atoms with Gasteiger partial charge in [0, 0.05) is 5.56 Å². The summed E-state index contributed by atoms with van der Waals surface area (Å²) in [7, 11) is 0. The Morgan fingerprint density at radius 1 is 0.885 bits per heavy atom. The zero-order valence-corrected chi connectivity index (χ0v) is 15.7. The average molecular weight is 350 g/mol. The third kappa shape index (κ3) is 5.41. The van der Waals surface area contributed by atoms with Crippen molar-refractivity contribution < 1.29 is 14.3 Å². The summed E-state index contributed by atoms with van der Waals surface area (Å²) in [5.74, 6) is -0.223. The third-order valence-electron chi connectivity index (χ3n) is 4.22. The molecule has 2 rings (SSSR count). The van der Waals surface area contributed by atoms with Crippen LogP contribution >= 0.6 is 0 Å². The smallest absolute Gasteiger partial charge is 0.338 e. The van der Waals surface area contributed by atoms with Gasteiger partial charge < -0.3 is 4.74 Å². The summed E-state index contributed by atoms with van der Waals surface area (Å²) in [6.45, 7) is 5.92. The van der Waals surface area contributed by atoms with E-state index in [-0.39, 0.29) is 11.8 Å². The van der Waals surface area contributed by atoms with Gasteiger partial charge in [0.25, 0.3) is 0 Å². The van der Waals surface area contributed by atoms with Crippen molar-refractivity contribution in [2.24, 2.45) is 0 Å². The van der Waals surface area contributed by atoms with Crippen molar-refractivity contribution in [1.82, 2.24) is 0 Å². The summed E-state index contributed by atoms with van der Waals surface area (Å²) in [6, 6.07) is 15.2. The van der Waals surface area contributed by atoms with Gasteiger partial charge in [-0.1, -0.05) is 55.8 Å². The first-order valence-corrected chi connectivity index (χ1v) is 9.14. The molecule has 3 nitrogen and oxygen atoms in total. The van der Waals surface area contributed by atoms with Crippen LogP contribution in [0.15, 0.2) is 48.5 Å². The van der Waals surface area contributed by atoms with Crippen molar-refractivity contribution in [3.05, 3.63) is 70.8 Å². The molecule has 0 spiro atoms. The molecular formula is C23H26O3. The minimum Gasteiger partial charge on any atom is -0.462 e. The van der Waals surface area contributed by atoms with Crippen molar-refractivity contribution in [3.63, 3.8) is 0 Å². The molecule has 0 aliphatic rings. The number of benzene rings is 2. The van der Waals surface area contributed by atoms with E-state index in [1.165, 1.54) is 5.57 Å². The maximum Gasteiger partial charge on any atom is 0.338 e. The molecule has 2 aromatic carbocycles. The Kier molecular flexibility index (Phi) is 7.34. The van der Waals surface area contributed by atoms with Crippen LogP contribution in [-0.2, 0) is 4.74 Å². The lowest BCUT2D eigenvalue weighted by molar-refractivity contribution is 0.0526. The molecule has 0 bridgehead atoms. The Morgan fingerprint density at radius 2 is 1.46 bits per heavy atom. The van der Waals surface area contributed by atoms with Crippen LogP contribution in [0, 0.1) is 0 Å². The second kappa shape index (κ2) is 9.71. The normalized spacial score (nSPS) is 11.3. The topological polar surface area (TPSA) is 43.4 Å². The Morgan fingerprint density at radius 3 is 2.00 bits per heavy atom. The standard InChI is InChI=1S/C23H26O3/c1-4-6-7-22(20-14-12-19(13-15-20)17(3)24)16-18-8-10-21(11-9-18)23(25)26-5-2/h8-16H,4-7H2,1-3H3/b22-16+. The zero-order chi connectivity index (χ0) is 18.9. The number of Topliss-reactive ketones (excluding diaryl/α,β-unsaturated/α-hetero) is 1. The van der Waals surface area contributed by atoms with E-state index in [9.17, 15) is 9.59 Å². The maximum atomic E-state index is 11.8. The van der Waals surface area contributed by atoms with Gasteiger partial charge in [0.1, 0.15) is 0 Å². The summed E-state index contributed by atoms with van der Waals surface area (Å²) in [6.07, 6.45) is 5.33. The molecule has 3 heteroatoms. The van der Waals surface area contributed by atoms with Gasteiger partial charge in [-0.2, -0.15) is 0 Å². The molecule has 2 aromatic rings. The largest absolute Gasteiger partial charge is 0.462 e. The van der Waals surface area contributed by atoms with Crippen LogP contribution in [0.1, 0.15) is 71.9 Å². The van der Waals surface area contributed by atoms with E-state index in [0.717, 1.165) is 36.0 Å². The summed E-state index contributed by atoms with van der Waals surface area (Å²) >= 11 is 0. The van der Waals surface area contributed by atoms with Gasteiger partial charge in [-0.15, -0.1) is 0 Å². The molecule has 26 heavy (non-hydrogen) atoms. The van der Waals surface area contributed by atoms with Crippen molar-refractivity contribution in [1.29, 1.82) is 0 Å². The highest BCUT2D eigenvalue weighted by molar-refractivity contribution is 5.94. The molecule has 136 valence electrons. The molecule has 0 radical (unpaired) electrons. The van der Waals surface area contributed by atoms with Crippen LogP contribution in [0.3, 0.4) is 0 Å². The number of carbonyl (C=O) groups excluding carboxylic acids is 2. The maximum absolute atomic E-state index is 11.8. The number of rotatable bonds is 8. The zero-order valence-electron chi connectivity index (χ0n) is 15.7. The van der Waals surface area contributed by atoms with Crippen LogP contribution in [0.25, 0.3) is 11.6 Å². The Bertz CT molecular complexity index is 768. The summed E-state index contributed by atoms with van der Waals surface area (Å²) < 4.78 is 5.02. The van der Waals surface area contributed by atoms with Gasteiger partial charge in [-0.05, 0) is 55.5 Å². The minimum absolute atomic E-state index is 0.0743. The molecule has 0 atom stereocenters. The van der Waals surface area contributed by atoms with Gasteiger partial charge >= 0.3 is 5.97 Å². The highest BCUT2D eigenvalue weighted by atomic mass is 16.5. The Balaban J connectivity index is 2.27. The lowest BCUT2D eigenvalue weighted by atomic mass is 9.96. The third-order valence-corrected chi connectivity index (χ3v) is 4.22. The fourth-order valence-corrected chi connectivity index (χ4v) is 2.72. The highest BCUT2D eigenvalue weighted by Gasteiger charge is 2.07. The minimum atomic E-state index is -0.297. The van der Waals surface area contributed by atoms with Crippen LogP contribution in [0.5, 0.6) is 0 Å². The second-order valence-electron chi connectivity index (χ2n) is 6.25. The highest BCUT2D eigenvalue weighted by Crippen LogP contribution is 2.24. The fraction of sp³-hybridized carbons (Fsp3) is 0.304. The van der Waals surface area contributed by atoms with E-state index in [4.69, 9.17) is 4.74 Å². The lowest BCUT2D eigenvalue weighted by Crippen LogP contribution is -2.04. The van der Waals surface area contributed by atoms with Gasteiger partial charge in [-0.3, -0.25) is 4.79 Å². The van der Waals surface area contributed by atoms with Gasteiger partial charge in [0.2, 0.25) is 0 Å². The molecule has 0 amide bonds. The first-order chi connectivity index (χ1) is 12.5. The Hall–Kier alpha value is -2.68. The van der Waals surface area contributed by atoms with E-state index in [1.807, 2.05) is 36.4 Å². The summed E-state index contributed by atoms with van der Waals surface area (Å²) in [5, 5.41) is 0. The summed E-state index contributed by atoms with van der Waals surface area (Å²) in [4.78, 5) is 23.2. The molecule has 0 saturated carbocycles. The number of hydrogen-bond acceptors (Lipinski definition) is 3. The van der Waals surface area contributed by atoms with Crippen LogP contribution in [0.4, 0.5) is 0 Å². The number of hydrogen-bond donors (Lipinski definition) is 0. The molecule has 0 heterocycles. The van der Waals surface area contributed by atoms with Crippen LogP contribution < -0.4 is 0 Å². The molecule has 0 aromatic heterocycles. The number of unbranched alkanes of at least 4 members (excludes halogenated alkanes) is 1. The molecule has 0 fully saturated rings. The molecule has 0 unspecified atom stereocenters. The number of ether oxygens (including phenoxy) is 1. The molecular weight excluding hydrogens is 324 g/mol. The predicted molar refractivity (Wildman–Crippen MR) is 106 cm³/mol. The first-order valence-electron chi connectivity index (χ1n) is 9.14. The molecule has 0 saturated heterocycles. The van der Waals surface area contributed by atoms with Gasteiger partial charge in [-0.25, -0.2) is 4.79 Å². The van der Waals surface area contributed by atoms with Crippen LogP contribution in [-0.4, -0.2) is 18.4 Å².